The molecule has 1 aliphatic rings. The molecule has 0 saturated carbocycles. The summed E-state index contributed by atoms with van der Waals surface area (Å²) in [7, 11) is 0. The molecule has 0 bridgehead atoms. The number of ketones is 1. The van der Waals surface area contributed by atoms with E-state index in [1.165, 1.54) is 0 Å². The van der Waals surface area contributed by atoms with E-state index in [2.05, 4.69) is 0 Å². The summed E-state index contributed by atoms with van der Waals surface area (Å²) in [5.74, 6) is -1.33. The molecule has 0 aromatic carbocycles. The Morgan fingerprint density at radius 1 is 1.18 bits per heavy atom. The van der Waals surface area contributed by atoms with E-state index < -0.39 is 23.2 Å². The van der Waals surface area contributed by atoms with Crippen molar-refractivity contribution in [3.05, 3.63) is 0 Å². The van der Waals surface area contributed by atoms with Gasteiger partial charge in [-0.1, -0.05) is 20.8 Å². The Bertz CT molecular complexity index is 351. The van der Waals surface area contributed by atoms with Gasteiger partial charge in [0.2, 0.25) is 5.78 Å². The van der Waals surface area contributed by atoms with Crippen LogP contribution in [0.5, 0.6) is 0 Å². The maximum Gasteiger partial charge on any atom is 0.309 e. The molecule has 0 radical (unpaired) electrons. The maximum absolute atomic E-state index is 11.9. The molecular weight excluding hydrogens is 224 g/mol. The number of Topliss-reactive ketones (excluding diaryl/α,β-unsaturated/α-hetero) is 1. The first-order chi connectivity index (χ1) is 7.81. The lowest BCUT2D eigenvalue weighted by atomic mass is 9.85. The molecule has 6 nitrogen and oxygen atoms in total. The summed E-state index contributed by atoms with van der Waals surface area (Å²) in [6, 6.07) is 0. The fourth-order valence-electron chi connectivity index (χ4n) is 1.58. The Morgan fingerprint density at radius 3 is 2.18 bits per heavy atom. The van der Waals surface area contributed by atoms with Crippen LogP contribution in [-0.2, 0) is 9.59 Å². The van der Waals surface area contributed by atoms with Crippen LogP contribution in [0.3, 0.4) is 0 Å². The molecule has 1 aliphatic heterocycles. The van der Waals surface area contributed by atoms with Crippen LogP contribution in [0.25, 0.3) is 0 Å². The first-order valence-corrected chi connectivity index (χ1v) is 5.66. The van der Waals surface area contributed by atoms with Gasteiger partial charge in [0.1, 0.15) is 0 Å². The predicted molar refractivity (Wildman–Crippen MR) is 57.5 cm³/mol. The Hall–Kier alpha value is -1.59. The number of amides is 2. The molecule has 96 valence electrons. The van der Waals surface area contributed by atoms with Gasteiger partial charge in [0.25, 0.3) is 0 Å². The first kappa shape index (κ1) is 13.5. The second kappa shape index (κ2) is 4.73. The van der Waals surface area contributed by atoms with Crippen molar-refractivity contribution in [3.63, 3.8) is 0 Å². The van der Waals surface area contributed by atoms with E-state index in [4.69, 9.17) is 0 Å². The highest BCUT2D eigenvalue weighted by molar-refractivity contribution is 6.37. The van der Waals surface area contributed by atoms with Gasteiger partial charge in [0, 0.05) is 18.5 Å². The maximum atomic E-state index is 11.9. The molecule has 0 atom stereocenters. The van der Waals surface area contributed by atoms with Crippen molar-refractivity contribution in [1.82, 2.24) is 10.0 Å². The van der Waals surface area contributed by atoms with Crippen LogP contribution in [0.2, 0.25) is 0 Å². The van der Waals surface area contributed by atoms with Crippen LogP contribution in [0.4, 0.5) is 4.79 Å². The summed E-state index contributed by atoms with van der Waals surface area (Å²) < 4.78 is 0. The zero-order valence-corrected chi connectivity index (χ0v) is 10.4. The molecule has 0 spiro atoms. The summed E-state index contributed by atoms with van der Waals surface area (Å²) in [5.41, 5.74) is -0.767. The average Bonchev–Trinajstić information content (AvgIpc) is 2.75. The van der Waals surface area contributed by atoms with Gasteiger partial charge >= 0.3 is 5.91 Å². The molecule has 0 aromatic heterocycles. The molecule has 0 aliphatic carbocycles. The predicted octanol–water partition coefficient (Wildman–Crippen LogP) is -0.216. The van der Waals surface area contributed by atoms with Crippen LogP contribution < -0.4 is 5.11 Å². The fraction of sp³-hybridized carbons (Fsp3) is 0.727. The molecule has 0 unspecified atom stereocenters. The molecule has 1 saturated heterocycles. The number of carbonyl (C=O) groups is 3. The van der Waals surface area contributed by atoms with Crippen LogP contribution in [0, 0.1) is 5.41 Å². The Labute approximate surface area is 100 Å². The summed E-state index contributed by atoms with van der Waals surface area (Å²) in [5, 5.41) is 12.5. The number of nitrogens with zero attached hydrogens (tertiary/aromatic N) is 2. The zero-order chi connectivity index (χ0) is 13.2. The molecular formula is C11H17N2O4-. The van der Waals surface area contributed by atoms with Gasteiger partial charge in [-0.15, -0.1) is 0 Å². The number of carbonyl (C=O) groups excluding carboxylic acids is 3. The first-order valence-electron chi connectivity index (χ1n) is 5.66. The van der Waals surface area contributed by atoms with Gasteiger partial charge in [-0.2, -0.15) is 0 Å². The lowest BCUT2D eigenvalue weighted by molar-refractivity contribution is -0.276. The van der Waals surface area contributed by atoms with E-state index in [0.717, 1.165) is 10.0 Å². The van der Waals surface area contributed by atoms with E-state index in [1.54, 1.807) is 13.8 Å². The summed E-state index contributed by atoms with van der Waals surface area (Å²) >= 11 is 0. The van der Waals surface area contributed by atoms with Crippen molar-refractivity contribution < 1.29 is 19.5 Å². The highest BCUT2D eigenvalue weighted by Gasteiger charge is 2.38. The molecule has 1 rings (SSSR count). The minimum atomic E-state index is -1.45. The standard InChI is InChI=1S/C11H18N2O4/c1-4-11(2,3)8(14)9(15)12-6-5-7-13(12)10(16)17/h4-7H2,1-3H3,(H,16,17)/p-1. The number of hydrogen-bond donors (Lipinski definition) is 0. The minimum absolute atomic E-state index is 0.202. The number of hydrogen-bond acceptors (Lipinski definition) is 4. The molecule has 1 heterocycles. The normalized spacial score (nSPS) is 16.2. The van der Waals surface area contributed by atoms with Gasteiger partial charge in [-0.05, 0) is 12.8 Å². The third kappa shape index (κ3) is 2.57. The van der Waals surface area contributed by atoms with Crippen molar-refractivity contribution in [2.75, 3.05) is 13.1 Å². The van der Waals surface area contributed by atoms with E-state index in [0.29, 0.717) is 12.8 Å². The van der Waals surface area contributed by atoms with Crippen LogP contribution in [0.1, 0.15) is 33.6 Å². The second-order valence-corrected chi connectivity index (χ2v) is 4.74. The van der Waals surface area contributed by atoms with Gasteiger partial charge < -0.3 is 9.90 Å². The topological polar surface area (TPSA) is 80.8 Å². The molecule has 0 N–H and O–H groups in total. The van der Waals surface area contributed by atoms with E-state index in [-0.39, 0.29) is 13.1 Å². The van der Waals surface area contributed by atoms with E-state index in [1.807, 2.05) is 6.92 Å². The molecule has 6 heteroatoms. The highest BCUT2D eigenvalue weighted by atomic mass is 16.4. The summed E-state index contributed by atoms with van der Waals surface area (Å²) in [4.78, 5) is 34.6. The largest absolute Gasteiger partial charge is 0.529 e. The summed E-state index contributed by atoms with van der Waals surface area (Å²) in [6.07, 6.45) is -0.394. The third-order valence-electron chi connectivity index (χ3n) is 3.17. The van der Waals surface area contributed by atoms with Crippen molar-refractivity contribution in [3.8, 4) is 0 Å². The fourth-order valence-corrected chi connectivity index (χ4v) is 1.58. The zero-order valence-electron chi connectivity index (χ0n) is 10.4. The highest BCUT2D eigenvalue weighted by Crippen LogP contribution is 2.23. The van der Waals surface area contributed by atoms with Crippen molar-refractivity contribution in [1.29, 1.82) is 0 Å². The lowest BCUT2D eigenvalue weighted by Crippen LogP contribution is -2.53. The number of carboxylic acid groups (broad SMARTS) is 1. The lowest BCUT2D eigenvalue weighted by Gasteiger charge is -2.31. The quantitative estimate of drug-likeness (QED) is 0.640. The Kier molecular flexibility index (Phi) is 3.75. The van der Waals surface area contributed by atoms with Gasteiger partial charge in [0.05, 0.1) is 0 Å². The monoisotopic (exact) mass is 241 g/mol. The summed E-state index contributed by atoms with van der Waals surface area (Å²) in [6.45, 7) is 5.61. The Balaban J connectivity index is 2.83. The van der Waals surface area contributed by atoms with E-state index >= 15 is 0 Å². The molecule has 1 fully saturated rings. The SMILES string of the molecule is CCC(C)(C)C(=O)C(=O)N1CCCN1C(=O)[O-]. The molecule has 17 heavy (non-hydrogen) atoms. The van der Waals surface area contributed by atoms with Gasteiger partial charge in [-0.25, -0.2) is 5.01 Å². The Morgan fingerprint density at radius 2 is 1.71 bits per heavy atom. The average molecular weight is 241 g/mol. The molecule has 2 amide bonds. The van der Waals surface area contributed by atoms with Gasteiger partial charge in [0.15, 0.2) is 6.09 Å². The molecule has 0 aromatic rings. The smallest absolute Gasteiger partial charge is 0.309 e. The number of hydrazine groups is 1. The van der Waals surface area contributed by atoms with E-state index in [9.17, 15) is 19.5 Å². The number of rotatable bonds is 3. The van der Waals surface area contributed by atoms with Crippen molar-refractivity contribution >= 4 is 17.8 Å². The van der Waals surface area contributed by atoms with Crippen LogP contribution >= 0.6 is 0 Å². The van der Waals surface area contributed by atoms with Crippen LogP contribution in [-0.4, -0.2) is 40.9 Å². The third-order valence-corrected chi connectivity index (χ3v) is 3.17. The second-order valence-electron chi connectivity index (χ2n) is 4.74. The van der Waals surface area contributed by atoms with Crippen molar-refractivity contribution in [2.24, 2.45) is 5.41 Å². The van der Waals surface area contributed by atoms with Crippen LogP contribution in [0.15, 0.2) is 0 Å². The van der Waals surface area contributed by atoms with Gasteiger partial charge in [-0.3, -0.25) is 14.6 Å². The minimum Gasteiger partial charge on any atom is -0.529 e. The van der Waals surface area contributed by atoms with Crippen molar-refractivity contribution in [2.45, 2.75) is 33.6 Å².